The SMILES string of the molecule is CCCCNC(=O)N1CCC2(CC1)O[C@H](C(=O)N1CCOCC1)Cn1ccnc12. The number of urea groups is 1. The predicted octanol–water partition coefficient (Wildman–Crippen LogP) is 0.942. The van der Waals surface area contributed by atoms with Gasteiger partial charge in [-0.1, -0.05) is 13.3 Å². The number of imidazole rings is 1. The molecular weight excluding hydrogens is 374 g/mol. The van der Waals surface area contributed by atoms with E-state index < -0.39 is 11.7 Å². The Morgan fingerprint density at radius 2 is 1.97 bits per heavy atom. The molecule has 9 nitrogen and oxygen atoms in total. The molecule has 0 radical (unpaired) electrons. The Kier molecular flexibility index (Phi) is 6.05. The first-order valence-corrected chi connectivity index (χ1v) is 10.7. The molecule has 0 bridgehead atoms. The van der Waals surface area contributed by atoms with Crippen molar-refractivity contribution in [2.45, 2.75) is 50.9 Å². The quantitative estimate of drug-likeness (QED) is 0.754. The number of carbonyl (C=O) groups is 2. The van der Waals surface area contributed by atoms with Gasteiger partial charge in [0.25, 0.3) is 5.91 Å². The number of piperidine rings is 1. The van der Waals surface area contributed by atoms with Crippen LogP contribution in [0.5, 0.6) is 0 Å². The van der Waals surface area contributed by atoms with Gasteiger partial charge in [0.2, 0.25) is 0 Å². The van der Waals surface area contributed by atoms with E-state index in [9.17, 15) is 9.59 Å². The van der Waals surface area contributed by atoms with Crippen LogP contribution in [0, 0.1) is 0 Å². The number of nitrogens with one attached hydrogen (secondary N) is 1. The molecule has 3 amide bonds. The van der Waals surface area contributed by atoms with Gasteiger partial charge in [-0.25, -0.2) is 9.78 Å². The maximum absolute atomic E-state index is 13.1. The van der Waals surface area contributed by atoms with Gasteiger partial charge in [-0.05, 0) is 6.42 Å². The number of rotatable bonds is 4. The van der Waals surface area contributed by atoms with Crippen molar-refractivity contribution in [3.8, 4) is 0 Å². The van der Waals surface area contributed by atoms with Crippen molar-refractivity contribution in [3.63, 3.8) is 0 Å². The summed E-state index contributed by atoms with van der Waals surface area (Å²) in [5.41, 5.74) is -0.617. The van der Waals surface area contributed by atoms with Crippen molar-refractivity contribution >= 4 is 11.9 Å². The number of hydrogen-bond donors (Lipinski definition) is 1. The monoisotopic (exact) mass is 405 g/mol. The van der Waals surface area contributed by atoms with E-state index in [0.717, 1.165) is 18.7 Å². The fraction of sp³-hybridized carbons (Fsp3) is 0.750. The van der Waals surface area contributed by atoms with Crippen LogP contribution in [-0.4, -0.2) is 83.3 Å². The lowest BCUT2D eigenvalue weighted by atomic mass is 9.88. The van der Waals surface area contributed by atoms with Gasteiger partial charge in [0.1, 0.15) is 11.4 Å². The highest BCUT2D eigenvalue weighted by atomic mass is 16.5. The Morgan fingerprint density at radius 1 is 1.21 bits per heavy atom. The standard InChI is InChI=1S/C20H31N5O4/c1-2-3-6-22-19(27)24-8-4-20(5-9-24)18-21-7-10-25(18)15-16(29-20)17(26)23-11-13-28-14-12-23/h7,10,16H,2-6,8-9,11-15H2,1H3,(H,22,27)/t16-/m0/s1. The van der Waals surface area contributed by atoms with Crippen molar-refractivity contribution in [2.75, 3.05) is 45.9 Å². The Balaban J connectivity index is 1.44. The van der Waals surface area contributed by atoms with Gasteiger partial charge >= 0.3 is 6.03 Å². The number of aromatic nitrogens is 2. The fourth-order valence-electron chi connectivity index (χ4n) is 4.41. The predicted molar refractivity (Wildman–Crippen MR) is 105 cm³/mol. The average Bonchev–Trinajstić information content (AvgIpc) is 3.24. The minimum absolute atomic E-state index is 0.0200. The molecule has 9 heteroatoms. The lowest BCUT2D eigenvalue weighted by Gasteiger charge is -2.46. The van der Waals surface area contributed by atoms with Crippen LogP contribution in [0.1, 0.15) is 38.4 Å². The maximum Gasteiger partial charge on any atom is 0.317 e. The molecule has 1 aromatic heterocycles. The zero-order valence-electron chi connectivity index (χ0n) is 17.1. The molecule has 0 aliphatic carbocycles. The molecule has 4 rings (SSSR count). The summed E-state index contributed by atoms with van der Waals surface area (Å²) in [6.07, 6.45) is 6.47. The topological polar surface area (TPSA) is 88.9 Å². The first-order valence-electron chi connectivity index (χ1n) is 10.7. The molecule has 0 aromatic carbocycles. The van der Waals surface area contributed by atoms with Crippen LogP contribution in [0.15, 0.2) is 12.4 Å². The fourth-order valence-corrected chi connectivity index (χ4v) is 4.41. The first kappa shape index (κ1) is 20.2. The highest BCUT2D eigenvalue weighted by Crippen LogP contribution is 2.40. The van der Waals surface area contributed by atoms with E-state index >= 15 is 0 Å². The second-order valence-corrected chi connectivity index (χ2v) is 8.01. The lowest BCUT2D eigenvalue weighted by molar-refractivity contribution is -0.182. The first-order chi connectivity index (χ1) is 14.1. The van der Waals surface area contributed by atoms with Gasteiger partial charge in [-0.2, -0.15) is 0 Å². The zero-order chi connectivity index (χ0) is 20.3. The molecule has 2 saturated heterocycles. The van der Waals surface area contributed by atoms with Crippen molar-refractivity contribution in [1.82, 2.24) is 24.7 Å². The lowest BCUT2D eigenvalue weighted by Crippen LogP contribution is -2.57. The Hall–Kier alpha value is -2.13. The molecule has 1 atom stereocenters. The van der Waals surface area contributed by atoms with Crippen LogP contribution in [0.4, 0.5) is 4.79 Å². The number of carbonyl (C=O) groups excluding carboxylic acids is 2. The summed E-state index contributed by atoms with van der Waals surface area (Å²) in [5, 5.41) is 2.98. The third-order valence-corrected chi connectivity index (χ3v) is 6.12. The molecule has 4 heterocycles. The average molecular weight is 405 g/mol. The van der Waals surface area contributed by atoms with E-state index in [1.165, 1.54) is 0 Å². The maximum atomic E-state index is 13.1. The molecule has 3 aliphatic rings. The normalized spacial score (nSPS) is 23.7. The van der Waals surface area contributed by atoms with Crippen LogP contribution < -0.4 is 5.32 Å². The van der Waals surface area contributed by atoms with Gasteiger partial charge in [-0.3, -0.25) is 4.79 Å². The van der Waals surface area contributed by atoms with E-state index in [2.05, 4.69) is 17.2 Å². The van der Waals surface area contributed by atoms with E-state index in [0.29, 0.717) is 65.3 Å². The molecule has 1 aromatic rings. The van der Waals surface area contributed by atoms with Crippen molar-refractivity contribution in [2.24, 2.45) is 0 Å². The molecule has 1 spiro atoms. The molecule has 3 aliphatic heterocycles. The molecular formula is C20H31N5O4. The highest BCUT2D eigenvalue weighted by Gasteiger charge is 2.48. The Labute approximate surface area is 171 Å². The van der Waals surface area contributed by atoms with Crippen molar-refractivity contribution in [1.29, 1.82) is 0 Å². The highest BCUT2D eigenvalue weighted by molar-refractivity contribution is 5.81. The van der Waals surface area contributed by atoms with Gasteiger partial charge in [0, 0.05) is 58.0 Å². The Morgan fingerprint density at radius 3 is 2.69 bits per heavy atom. The van der Waals surface area contributed by atoms with Gasteiger partial charge in [0.05, 0.1) is 19.8 Å². The summed E-state index contributed by atoms with van der Waals surface area (Å²) < 4.78 is 13.9. The minimum atomic E-state index is -0.617. The van der Waals surface area contributed by atoms with Crippen molar-refractivity contribution < 1.29 is 19.1 Å². The van der Waals surface area contributed by atoms with Crippen LogP contribution >= 0.6 is 0 Å². The van der Waals surface area contributed by atoms with E-state index in [1.54, 1.807) is 6.20 Å². The van der Waals surface area contributed by atoms with E-state index in [-0.39, 0.29) is 11.9 Å². The second kappa shape index (κ2) is 8.71. The molecule has 0 unspecified atom stereocenters. The van der Waals surface area contributed by atoms with E-state index in [1.807, 2.05) is 20.6 Å². The molecule has 160 valence electrons. The van der Waals surface area contributed by atoms with Crippen molar-refractivity contribution in [3.05, 3.63) is 18.2 Å². The second-order valence-electron chi connectivity index (χ2n) is 8.01. The number of unbranched alkanes of at least 4 members (excludes halogenated alkanes) is 1. The minimum Gasteiger partial charge on any atom is -0.378 e. The van der Waals surface area contributed by atoms with Crippen LogP contribution in [0.3, 0.4) is 0 Å². The number of nitrogens with zero attached hydrogens (tertiary/aromatic N) is 4. The third kappa shape index (κ3) is 4.11. The van der Waals surface area contributed by atoms with Gasteiger partial charge < -0.3 is 29.2 Å². The van der Waals surface area contributed by atoms with Crippen LogP contribution in [0.2, 0.25) is 0 Å². The molecule has 29 heavy (non-hydrogen) atoms. The number of ether oxygens (including phenoxy) is 2. The van der Waals surface area contributed by atoms with Gasteiger partial charge in [0.15, 0.2) is 6.10 Å². The van der Waals surface area contributed by atoms with E-state index in [4.69, 9.17) is 9.47 Å². The number of likely N-dealkylation sites (tertiary alicyclic amines) is 1. The number of amides is 3. The summed E-state index contributed by atoms with van der Waals surface area (Å²) in [6.45, 7) is 6.81. The molecule has 0 saturated carbocycles. The summed E-state index contributed by atoms with van der Waals surface area (Å²) in [4.78, 5) is 33.7. The Bertz CT molecular complexity index is 722. The molecule has 2 fully saturated rings. The number of hydrogen-bond acceptors (Lipinski definition) is 5. The van der Waals surface area contributed by atoms with Crippen LogP contribution in [0.25, 0.3) is 0 Å². The smallest absolute Gasteiger partial charge is 0.317 e. The van der Waals surface area contributed by atoms with Crippen LogP contribution in [-0.2, 0) is 26.4 Å². The zero-order valence-corrected chi connectivity index (χ0v) is 17.1. The summed E-state index contributed by atoms with van der Waals surface area (Å²) in [5.74, 6) is 0.890. The summed E-state index contributed by atoms with van der Waals surface area (Å²) in [7, 11) is 0. The number of fused-ring (bicyclic) bond motifs is 2. The number of morpholine rings is 1. The molecule has 1 N–H and O–H groups in total. The summed E-state index contributed by atoms with van der Waals surface area (Å²) in [6, 6.07) is -0.0200. The third-order valence-electron chi connectivity index (χ3n) is 6.12. The summed E-state index contributed by atoms with van der Waals surface area (Å²) >= 11 is 0. The van der Waals surface area contributed by atoms with Gasteiger partial charge in [-0.15, -0.1) is 0 Å². The largest absolute Gasteiger partial charge is 0.378 e.